The largest absolute Gasteiger partial charge is 0.492 e. The van der Waals surface area contributed by atoms with Crippen LogP contribution >= 0.6 is 22.6 Å². The van der Waals surface area contributed by atoms with Gasteiger partial charge in [0, 0.05) is 24.2 Å². The smallest absolute Gasteiger partial charge is 0.119 e. The minimum absolute atomic E-state index is 0.679. The first kappa shape index (κ1) is 11.7. The molecule has 4 heteroatoms. The molecule has 0 aliphatic heterocycles. The van der Waals surface area contributed by atoms with E-state index in [0.29, 0.717) is 6.61 Å². The Bertz CT molecular complexity index is 261. The first-order valence-electron chi connectivity index (χ1n) is 4.47. The number of rotatable bonds is 5. The van der Waals surface area contributed by atoms with Crippen LogP contribution in [0.2, 0.25) is 0 Å². The van der Waals surface area contributed by atoms with Crippen LogP contribution in [0, 0.1) is 3.57 Å². The van der Waals surface area contributed by atoms with Crippen molar-refractivity contribution in [3.05, 3.63) is 27.8 Å². The van der Waals surface area contributed by atoms with E-state index in [1.807, 2.05) is 43.4 Å². The fourth-order valence-electron chi connectivity index (χ4n) is 0.969. The molecular weight excluding hydrogens is 291 g/mol. The van der Waals surface area contributed by atoms with Crippen molar-refractivity contribution >= 4 is 22.6 Å². The molecule has 1 aromatic rings. The van der Waals surface area contributed by atoms with Crippen molar-refractivity contribution in [2.24, 2.45) is 0 Å². The van der Waals surface area contributed by atoms with Crippen LogP contribution in [0.15, 0.2) is 24.3 Å². The molecule has 0 fully saturated rings. The van der Waals surface area contributed by atoms with Crippen LogP contribution in [0.1, 0.15) is 0 Å². The van der Waals surface area contributed by atoms with Crippen molar-refractivity contribution in [2.75, 3.05) is 27.2 Å². The lowest BCUT2D eigenvalue weighted by atomic mass is 10.3. The molecule has 0 bridgehead atoms. The molecule has 78 valence electrons. The zero-order chi connectivity index (χ0) is 10.4. The summed E-state index contributed by atoms with van der Waals surface area (Å²) in [6, 6.07) is 8.04. The molecule has 1 aromatic carbocycles. The van der Waals surface area contributed by atoms with Crippen LogP contribution in [0.5, 0.6) is 5.75 Å². The van der Waals surface area contributed by atoms with Gasteiger partial charge in [0.2, 0.25) is 0 Å². The van der Waals surface area contributed by atoms with E-state index in [1.165, 1.54) is 3.57 Å². The summed E-state index contributed by atoms with van der Waals surface area (Å²) in [6.07, 6.45) is 0. The first-order chi connectivity index (χ1) is 6.68. The van der Waals surface area contributed by atoms with Crippen molar-refractivity contribution < 1.29 is 4.74 Å². The van der Waals surface area contributed by atoms with Crippen molar-refractivity contribution in [2.45, 2.75) is 0 Å². The first-order valence-corrected chi connectivity index (χ1v) is 5.55. The molecule has 0 heterocycles. The quantitative estimate of drug-likeness (QED) is 0.509. The summed E-state index contributed by atoms with van der Waals surface area (Å²) < 4.78 is 6.74. The fourth-order valence-corrected chi connectivity index (χ4v) is 1.33. The standard InChI is InChI=1S/C10H15IN2O/c1-13(2)12-7-8-14-10-5-3-9(11)4-6-10/h3-6,12H,7-8H2,1-2H3. The molecular formula is C10H15IN2O. The third kappa shape index (κ3) is 4.78. The summed E-state index contributed by atoms with van der Waals surface area (Å²) in [5.41, 5.74) is 3.13. The van der Waals surface area contributed by atoms with Gasteiger partial charge < -0.3 is 4.74 Å². The predicted molar refractivity (Wildman–Crippen MR) is 66.3 cm³/mol. The maximum absolute atomic E-state index is 5.52. The van der Waals surface area contributed by atoms with Gasteiger partial charge in [0.1, 0.15) is 12.4 Å². The van der Waals surface area contributed by atoms with Crippen LogP contribution in [-0.2, 0) is 0 Å². The summed E-state index contributed by atoms with van der Waals surface area (Å²) in [7, 11) is 3.93. The molecule has 0 saturated carbocycles. The van der Waals surface area contributed by atoms with Crippen LogP contribution < -0.4 is 10.2 Å². The Morgan fingerprint density at radius 2 is 1.93 bits per heavy atom. The number of ether oxygens (including phenoxy) is 1. The van der Waals surface area contributed by atoms with Crippen LogP contribution in [-0.4, -0.2) is 32.3 Å². The van der Waals surface area contributed by atoms with Gasteiger partial charge >= 0.3 is 0 Å². The van der Waals surface area contributed by atoms with Crippen molar-refractivity contribution in [3.8, 4) is 5.75 Å². The molecule has 0 aromatic heterocycles. The van der Waals surface area contributed by atoms with E-state index in [0.717, 1.165) is 12.3 Å². The van der Waals surface area contributed by atoms with Gasteiger partial charge in [-0.1, -0.05) is 0 Å². The second-order valence-corrected chi connectivity index (χ2v) is 4.35. The topological polar surface area (TPSA) is 24.5 Å². The Labute approximate surface area is 98.5 Å². The fraction of sp³-hybridized carbons (Fsp3) is 0.400. The van der Waals surface area contributed by atoms with Gasteiger partial charge in [-0.3, -0.25) is 10.4 Å². The molecule has 0 spiro atoms. The van der Waals surface area contributed by atoms with Crippen molar-refractivity contribution in [1.82, 2.24) is 10.4 Å². The Balaban J connectivity index is 2.21. The highest BCUT2D eigenvalue weighted by molar-refractivity contribution is 14.1. The number of hydrogen-bond acceptors (Lipinski definition) is 3. The van der Waals surface area contributed by atoms with E-state index in [4.69, 9.17) is 4.74 Å². The van der Waals surface area contributed by atoms with Crippen LogP contribution in [0.25, 0.3) is 0 Å². The van der Waals surface area contributed by atoms with E-state index >= 15 is 0 Å². The molecule has 1 N–H and O–H groups in total. The molecule has 14 heavy (non-hydrogen) atoms. The Morgan fingerprint density at radius 3 is 2.50 bits per heavy atom. The Morgan fingerprint density at radius 1 is 1.29 bits per heavy atom. The molecule has 0 saturated heterocycles. The second kappa shape index (κ2) is 6.21. The number of benzene rings is 1. The normalized spacial score (nSPS) is 10.6. The summed E-state index contributed by atoms with van der Waals surface area (Å²) in [5.74, 6) is 0.922. The SMILES string of the molecule is CN(C)NCCOc1ccc(I)cc1. The highest BCUT2D eigenvalue weighted by Crippen LogP contribution is 2.12. The van der Waals surface area contributed by atoms with Gasteiger partial charge in [0.25, 0.3) is 0 Å². The highest BCUT2D eigenvalue weighted by Gasteiger charge is 1.93. The lowest BCUT2D eigenvalue weighted by Crippen LogP contribution is -2.33. The molecule has 3 nitrogen and oxygen atoms in total. The number of halogens is 1. The average molecular weight is 306 g/mol. The number of hydrazine groups is 1. The maximum Gasteiger partial charge on any atom is 0.119 e. The third-order valence-electron chi connectivity index (χ3n) is 1.61. The van der Waals surface area contributed by atoms with E-state index < -0.39 is 0 Å². The lowest BCUT2D eigenvalue weighted by molar-refractivity contribution is 0.238. The van der Waals surface area contributed by atoms with Crippen molar-refractivity contribution in [3.63, 3.8) is 0 Å². The molecule has 0 amide bonds. The van der Waals surface area contributed by atoms with Crippen LogP contribution in [0.4, 0.5) is 0 Å². The minimum Gasteiger partial charge on any atom is -0.492 e. The van der Waals surface area contributed by atoms with Gasteiger partial charge in [-0.25, -0.2) is 0 Å². The minimum atomic E-state index is 0.679. The van der Waals surface area contributed by atoms with Gasteiger partial charge in [-0.15, -0.1) is 0 Å². The molecule has 0 unspecified atom stereocenters. The number of hydrogen-bond donors (Lipinski definition) is 1. The molecule has 0 radical (unpaired) electrons. The highest BCUT2D eigenvalue weighted by atomic mass is 127. The van der Waals surface area contributed by atoms with E-state index in [-0.39, 0.29) is 0 Å². The van der Waals surface area contributed by atoms with E-state index in [9.17, 15) is 0 Å². The summed E-state index contributed by atoms with van der Waals surface area (Å²) >= 11 is 2.28. The molecule has 0 atom stereocenters. The molecule has 0 aliphatic carbocycles. The number of nitrogens with zero attached hydrogens (tertiary/aromatic N) is 1. The van der Waals surface area contributed by atoms with Gasteiger partial charge in [0.05, 0.1) is 0 Å². The number of nitrogens with one attached hydrogen (secondary N) is 1. The predicted octanol–water partition coefficient (Wildman–Crippen LogP) is 1.74. The maximum atomic E-state index is 5.52. The second-order valence-electron chi connectivity index (χ2n) is 3.10. The summed E-state index contributed by atoms with van der Waals surface area (Å²) in [5, 5.41) is 1.91. The van der Waals surface area contributed by atoms with Gasteiger partial charge in [-0.05, 0) is 46.9 Å². The van der Waals surface area contributed by atoms with Gasteiger partial charge in [0.15, 0.2) is 0 Å². The van der Waals surface area contributed by atoms with Gasteiger partial charge in [-0.2, -0.15) is 0 Å². The average Bonchev–Trinajstić information content (AvgIpc) is 2.15. The molecule has 1 rings (SSSR count). The monoisotopic (exact) mass is 306 g/mol. The Kier molecular flexibility index (Phi) is 5.21. The molecule has 0 aliphatic rings. The third-order valence-corrected chi connectivity index (χ3v) is 2.33. The van der Waals surface area contributed by atoms with E-state index in [2.05, 4.69) is 28.0 Å². The summed E-state index contributed by atoms with van der Waals surface area (Å²) in [6.45, 7) is 1.50. The lowest BCUT2D eigenvalue weighted by Gasteiger charge is -2.12. The van der Waals surface area contributed by atoms with Crippen LogP contribution in [0.3, 0.4) is 0 Å². The zero-order valence-corrected chi connectivity index (χ0v) is 10.6. The Hall–Kier alpha value is -0.330. The van der Waals surface area contributed by atoms with Crippen molar-refractivity contribution in [1.29, 1.82) is 0 Å². The zero-order valence-electron chi connectivity index (χ0n) is 8.46. The summed E-state index contributed by atoms with van der Waals surface area (Å²) in [4.78, 5) is 0. The van der Waals surface area contributed by atoms with E-state index in [1.54, 1.807) is 0 Å².